The quantitative estimate of drug-likeness (QED) is 0.825. The molecule has 26 heavy (non-hydrogen) atoms. The number of rotatable bonds is 6. The fourth-order valence-corrected chi connectivity index (χ4v) is 3.24. The Morgan fingerprint density at radius 3 is 2.65 bits per heavy atom. The maximum Gasteiger partial charge on any atom is 0.225 e. The Balaban J connectivity index is 1.84. The molecule has 1 aliphatic heterocycles. The van der Waals surface area contributed by atoms with E-state index in [4.69, 9.17) is 4.98 Å². The second-order valence-corrected chi connectivity index (χ2v) is 7.22. The van der Waals surface area contributed by atoms with Gasteiger partial charge in [-0.15, -0.1) is 0 Å². The van der Waals surface area contributed by atoms with Gasteiger partial charge in [-0.2, -0.15) is 4.98 Å². The number of nitrogens with zero attached hydrogens (tertiary/aromatic N) is 3. The van der Waals surface area contributed by atoms with Gasteiger partial charge in [0.15, 0.2) is 0 Å². The first-order valence-electron chi connectivity index (χ1n) is 9.69. The third kappa shape index (κ3) is 4.15. The molecule has 0 saturated heterocycles. The molecule has 0 amide bonds. The summed E-state index contributed by atoms with van der Waals surface area (Å²) in [7, 11) is 0. The maximum atomic E-state index is 9.80. The molecule has 140 valence electrons. The van der Waals surface area contributed by atoms with Crippen molar-refractivity contribution in [3.05, 3.63) is 46.6 Å². The molecule has 0 aliphatic carbocycles. The highest BCUT2D eigenvalue weighted by molar-refractivity contribution is 5.49. The molecule has 0 radical (unpaired) electrons. The lowest BCUT2D eigenvalue weighted by Gasteiger charge is -2.31. The number of benzene rings is 1. The lowest BCUT2D eigenvalue weighted by molar-refractivity contribution is 0.199. The third-order valence-corrected chi connectivity index (χ3v) is 5.16. The molecule has 0 bridgehead atoms. The molecule has 5 heteroatoms. The Labute approximate surface area is 156 Å². The van der Waals surface area contributed by atoms with Gasteiger partial charge >= 0.3 is 0 Å². The third-order valence-electron chi connectivity index (χ3n) is 5.16. The van der Waals surface area contributed by atoms with Crippen LogP contribution in [0.2, 0.25) is 0 Å². The minimum absolute atomic E-state index is 0.357. The Bertz CT molecular complexity index is 760. The summed E-state index contributed by atoms with van der Waals surface area (Å²) in [5, 5.41) is 13.2. The minimum Gasteiger partial charge on any atom is -0.389 e. The van der Waals surface area contributed by atoms with Gasteiger partial charge in [-0.05, 0) is 49.8 Å². The van der Waals surface area contributed by atoms with Crippen LogP contribution in [0.1, 0.15) is 62.6 Å². The molecule has 2 heterocycles. The Morgan fingerprint density at radius 2 is 1.96 bits per heavy atom. The van der Waals surface area contributed by atoms with Gasteiger partial charge < -0.3 is 15.3 Å². The minimum atomic E-state index is -0.415. The zero-order valence-corrected chi connectivity index (χ0v) is 16.3. The van der Waals surface area contributed by atoms with Crippen molar-refractivity contribution in [3.63, 3.8) is 0 Å². The molecule has 3 rings (SSSR count). The van der Waals surface area contributed by atoms with E-state index in [1.54, 1.807) is 0 Å². The summed E-state index contributed by atoms with van der Waals surface area (Å²) in [6, 6.07) is 8.78. The number of nitrogens with one attached hydrogen (secondary N) is 1. The SMILES string of the molecule is CCc1cc(N2CCc3cc([C@@H](C)O)ccc3C2)nc(N[C@@H](C)CC)n1. The van der Waals surface area contributed by atoms with E-state index < -0.39 is 6.10 Å². The van der Waals surface area contributed by atoms with Gasteiger partial charge in [-0.1, -0.05) is 32.0 Å². The van der Waals surface area contributed by atoms with Gasteiger partial charge in [0.2, 0.25) is 5.95 Å². The predicted molar refractivity (Wildman–Crippen MR) is 107 cm³/mol. The first kappa shape index (κ1) is 18.6. The molecule has 0 saturated carbocycles. The van der Waals surface area contributed by atoms with E-state index in [0.717, 1.165) is 55.4 Å². The van der Waals surface area contributed by atoms with Crippen molar-refractivity contribution in [2.24, 2.45) is 0 Å². The molecule has 2 aromatic rings. The van der Waals surface area contributed by atoms with Crippen molar-refractivity contribution in [2.45, 2.75) is 65.6 Å². The lowest BCUT2D eigenvalue weighted by Crippen LogP contribution is -2.31. The number of aromatic nitrogens is 2. The number of hydrogen-bond acceptors (Lipinski definition) is 5. The van der Waals surface area contributed by atoms with Crippen LogP contribution in [0.25, 0.3) is 0 Å². The molecule has 0 spiro atoms. The molecule has 2 atom stereocenters. The molecule has 0 fully saturated rings. The van der Waals surface area contributed by atoms with Crippen molar-refractivity contribution >= 4 is 11.8 Å². The predicted octanol–water partition coefficient (Wildman–Crippen LogP) is 3.87. The summed E-state index contributed by atoms with van der Waals surface area (Å²) >= 11 is 0. The lowest BCUT2D eigenvalue weighted by atomic mass is 9.96. The van der Waals surface area contributed by atoms with E-state index in [2.05, 4.69) is 54.2 Å². The van der Waals surface area contributed by atoms with E-state index in [9.17, 15) is 5.11 Å². The van der Waals surface area contributed by atoms with Crippen LogP contribution in [0.15, 0.2) is 24.3 Å². The zero-order chi connectivity index (χ0) is 18.7. The van der Waals surface area contributed by atoms with E-state index >= 15 is 0 Å². The van der Waals surface area contributed by atoms with Crippen molar-refractivity contribution in [1.29, 1.82) is 0 Å². The number of aliphatic hydroxyl groups excluding tert-OH is 1. The highest BCUT2D eigenvalue weighted by Gasteiger charge is 2.20. The Morgan fingerprint density at radius 1 is 1.15 bits per heavy atom. The number of hydrogen-bond donors (Lipinski definition) is 2. The molecule has 0 unspecified atom stereocenters. The average molecular weight is 354 g/mol. The molecule has 1 aromatic heterocycles. The standard InChI is InChI=1S/C21H30N4O/c1-5-14(3)22-21-23-19(6-2)12-20(24-21)25-10-9-17-11-16(15(4)26)7-8-18(17)13-25/h7-8,11-12,14-15,26H,5-6,9-10,13H2,1-4H3,(H,22,23,24)/t14-,15+/m0/s1. The van der Waals surface area contributed by atoms with Gasteiger partial charge in [0.25, 0.3) is 0 Å². The van der Waals surface area contributed by atoms with Crippen LogP contribution in [-0.4, -0.2) is 27.7 Å². The largest absolute Gasteiger partial charge is 0.389 e. The number of aryl methyl sites for hydroxylation is 1. The van der Waals surface area contributed by atoms with Crippen molar-refractivity contribution in [1.82, 2.24) is 9.97 Å². The van der Waals surface area contributed by atoms with E-state index in [0.29, 0.717) is 6.04 Å². The molecular formula is C21H30N4O. The maximum absolute atomic E-state index is 9.80. The molecule has 5 nitrogen and oxygen atoms in total. The van der Waals surface area contributed by atoms with Crippen LogP contribution in [0.3, 0.4) is 0 Å². The molecular weight excluding hydrogens is 324 g/mol. The second-order valence-electron chi connectivity index (χ2n) is 7.22. The highest BCUT2D eigenvalue weighted by atomic mass is 16.3. The summed E-state index contributed by atoms with van der Waals surface area (Å²) in [6.45, 7) is 10.0. The summed E-state index contributed by atoms with van der Waals surface area (Å²) in [5.41, 5.74) is 4.71. The van der Waals surface area contributed by atoms with E-state index in [1.165, 1.54) is 11.1 Å². The van der Waals surface area contributed by atoms with Gasteiger partial charge in [0.1, 0.15) is 5.82 Å². The highest BCUT2D eigenvalue weighted by Crippen LogP contribution is 2.27. The van der Waals surface area contributed by atoms with Gasteiger partial charge in [-0.25, -0.2) is 4.98 Å². The van der Waals surface area contributed by atoms with Gasteiger partial charge in [0, 0.05) is 30.9 Å². The topological polar surface area (TPSA) is 61.3 Å². The van der Waals surface area contributed by atoms with Crippen LogP contribution in [-0.2, 0) is 19.4 Å². The second kappa shape index (κ2) is 8.04. The van der Waals surface area contributed by atoms with E-state index in [1.807, 2.05) is 13.0 Å². The normalized spacial score (nSPS) is 16.1. The number of anilines is 2. The fourth-order valence-electron chi connectivity index (χ4n) is 3.24. The van der Waals surface area contributed by atoms with Crippen LogP contribution in [0.4, 0.5) is 11.8 Å². The van der Waals surface area contributed by atoms with Crippen LogP contribution < -0.4 is 10.2 Å². The van der Waals surface area contributed by atoms with Crippen molar-refractivity contribution in [3.8, 4) is 0 Å². The summed E-state index contributed by atoms with van der Waals surface area (Å²) < 4.78 is 0. The summed E-state index contributed by atoms with van der Waals surface area (Å²) in [4.78, 5) is 11.7. The van der Waals surface area contributed by atoms with Crippen LogP contribution >= 0.6 is 0 Å². The monoisotopic (exact) mass is 354 g/mol. The first-order valence-corrected chi connectivity index (χ1v) is 9.69. The van der Waals surface area contributed by atoms with Gasteiger partial charge in [0.05, 0.1) is 6.10 Å². The average Bonchev–Trinajstić information content (AvgIpc) is 2.66. The summed E-state index contributed by atoms with van der Waals surface area (Å²) in [6.07, 6.45) is 2.49. The molecule has 1 aromatic carbocycles. The van der Waals surface area contributed by atoms with Gasteiger partial charge in [-0.3, -0.25) is 0 Å². The Kier molecular flexibility index (Phi) is 5.77. The number of aliphatic hydroxyl groups is 1. The Hall–Kier alpha value is -2.14. The smallest absolute Gasteiger partial charge is 0.225 e. The summed E-state index contributed by atoms with van der Waals surface area (Å²) in [5.74, 6) is 1.72. The number of fused-ring (bicyclic) bond motifs is 1. The zero-order valence-electron chi connectivity index (χ0n) is 16.3. The van der Waals surface area contributed by atoms with Crippen LogP contribution in [0, 0.1) is 0 Å². The van der Waals surface area contributed by atoms with E-state index in [-0.39, 0.29) is 0 Å². The first-order chi connectivity index (χ1) is 12.5. The van der Waals surface area contributed by atoms with Crippen LogP contribution in [0.5, 0.6) is 0 Å². The molecule has 1 aliphatic rings. The molecule has 2 N–H and O–H groups in total. The van der Waals surface area contributed by atoms with Crippen molar-refractivity contribution in [2.75, 3.05) is 16.8 Å². The van der Waals surface area contributed by atoms with Crippen molar-refractivity contribution < 1.29 is 5.11 Å². The fraction of sp³-hybridized carbons (Fsp3) is 0.524.